The molecule has 0 spiro atoms. The van der Waals surface area contributed by atoms with E-state index in [0.717, 1.165) is 61.3 Å². The molecule has 4 aromatic carbocycles. The zero-order valence-electron chi connectivity index (χ0n) is 32.9. The molecule has 8 rings (SSSR count). The van der Waals surface area contributed by atoms with Crippen LogP contribution in [0.4, 0.5) is 0 Å². The van der Waals surface area contributed by atoms with Gasteiger partial charge >= 0.3 is 21.1 Å². The molecule has 0 amide bonds. The van der Waals surface area contributed by atoms with Crippen LogP contribution in [0.3, 0.4) is 0 Å². The molecule has 0 bridgehead atoms. The van der Waals surface area contributed by atoms with E-state index in [-0.39, 0.29) is 31.9 Å². The van der Waals surface area contributed by atoms with Gasteiger partial charge in [-0.3, -0.25) is 0 Å². The molecular formula is C48H45N5OPt. The Kier molecular flexibility index (Phi) is 9.94. The van der Waals surface area contributed by atoms with Gasteiger partial charge in [-0.05, 0) is 94.6 Å². The van der Waals surface area contributed by atoms with Crippen molar-refractivity contribution in [3.8, 4) is 51.2 Å². The Bertz CT molecular complexity index is 2670. The molecule has 55 heavy (non-hydrogen) atoms. The van der Waals surface area contributed by atoms with E-state index < -0.39 is 0 Å². The number of hydrogen-bond acceptors (Lipinski definition) is 4. The van der Waals surface area contributed by atoms with Crippen molar-refractivity contribution in [3.05, 3.63) is 143 Å². The minimum atomic E-state index is -0.195. The Balaban J connectivity index is 0.00000465. The van der Waals surface area contributed by atoms with E-state index in [1.165, 1.54) is 22.3 Å². The Labute approximate surface area is 338 Å². The summed E-state index contributed by atoms with van der Waals surface area (Å²) in [6, 6.07) is 39.3. The first kappa shape index (κ1) is 38.0. The molecule has 7 heteroatoms. The average molecular weight is 903 g/mol. The van der Waals surface area contributed by atoms with Gasteiger partial charge in [-0.1, -0.05) is 119 Å². The van der Waals surface area contributed by atoms with Crippen LogP contribution in [-0.4, -0.2) is 19.6 Å². The summed E-state index contributed by atoms with van der Waals surface area (Å²) >= 11 is 0. The standard InChI is InChI=1S/C48H45N5O.Pt/c1-29-23-30(2)43(31(3)24-29)46-44(32-15-11-10-12-16-32)45(51-52-46)38-25-34(48(7,8)9)27-42(50-38)54-35-19-20-37-36-17-13-14-18-39(36)53(40(37)28-35)41-26-33(21-22-49-41)47(4,5)6;/h10-27H,1-9H3;/q-2;+2. The van der Waals surface area contributed by atoms with Gasteiger partial charge in [-0.25, -0.2) is 9.97 Å². The van der Waals surface area contributed by atoms with Crippen LogP contribution in [0, 0.1) is 26.8 Å². The smallest absolute Gasteiger partial charge is 0.573 e. The number of aromatic nitrogens is 5. The van der Waals surface area contributed by atoms with Gasteiger partial charge in [0.05, 0.1) is 11.4 Å². The van der Waals surface area contributed by atoms with Gasteiger partial charge in [-0.15, -0.1) is 17.5 Å². The predicted molar refractivity (Wildman–Crippen MR) is 221 cm³/mol. The molecule has 0 saturated heterocycles. The Morgan fingerprint density at radius 3 is 2.09 bits per heavy atom. The van der Waals surface area contributed by atoms with Crippen molar-refractivity contribution in [2.45, 2.75) is 73.1 Å². The fraction of sp³-hybridized carbons (Fsp3) is 0.229. The van der Waals surface area contributed by atoms with Gasteiger partial charge in [-0.2, -0.15) is 6.07 Å². The van der Waals surface area contributed by atoms with E-state index in [1.54, 1.807) is 0 Å². The van der Waals surface area contributed by atoms with E-state index in [0.29, 0.717) is 17.3 Å². The zero-order chi connectivity index (χ0) is 37.9. The summed E-state index contributed by atoms with van der Waals surface area (Å²) in [7, 11) is 0. The molecule has 0 aliphatic heterocycles. The van der Waals surface area contributed by atoms with Crippen molar-refractivity contribution in [1.82, 2.24) is 24.7 Å². The Morgan fingerprint density at radius 2 is 1.38 bits per heavy atom. The van der Waals surface area contributed by atoms with Crippen molar-refractivity contribution < 1.29 is 25.8 Å². The van der Waals surface area contributed by atoms with Crippen LogP contribution in [0.1, 0.15) is 69.4 Å². The van der Waals surface area contributed by atoms with Crippen LogP contribution in [0.5, 0.6) is 11.6 Å². The molecule has 0 radical (unpaired) electrons. The first-order chi connectivity index (χ1) is 25.8. The monoisotopic (exact) mass is 902 g/mol. The summed E-state index contributed by atoms with van der Waals surface area (Å²) in [4.78, 5) is 9.98. The number of hydrogen-bond donors (Lipinski definition) is 0. The molecule has 0 aliphatic carbocycles. The van der Waals surface area contributed by atoms with Crippen LogP contribution >= 0.6 is 0 Å². The van der Waals surface area contributed by atoms with Crippen LogP contribution in [0.15, 0.2) is 109 Å². The van der Waals surface area contributed by atoms with Crippen LogP contribution in [-0.2, 0) is 31.9 Å². The van der Waals surface area contributed by atoms with Gasteiger partial charge < -0.3 is 19.5 Å². The molecule has 0 aliphatic rings. The second kappa shape index (κ2) is 14.4. The molecule has 0 atom stereocenters. The first-order valence-corrected chi connectivity index (χ1v) is 18.6. The Hall–Kier alpha value is -5.32. The van der Waals surface area contributed by atoms with E-state index >= 15 is 0 Å². The second-order valence-electron chi connectivity index (χ2n) is 16.4. The molecule has 278 valence electrons. The minimum Gasteiger partial charge on any atom is -0.573 e. The summed E-state index contributed by atoms with van der Waals surface area (Å²) < 4.78 is 8.87. The minimum absolute atomic E-state index is 0. The zero-order valence-corrected chi connectivity index (χ0v) is 35.1. The quantitative estimate of drug-likeness (QED) is 0.156. The molecule has 4 heterocycles. The molecule has 8 aromatic rings. The number of aryl methyl sites for hydroxylation is 3. The van der Waals surface area contributed by atoms with Crippen molar-refractivity contribution in [3.63, 3.8) is 0 Å². The van der Waals surface area contributed by atoms with Crippen LogP contribution in [0.25, 0.3) is 61.4 Å². The van der Waals surface area contributed by atoms with Crippen molar-refractivity contribution in [2.75, 3.05) is 0 Å². The predicted octanol–water partition coefficient (Wildman–Crippen LogP) is 12.0. The van der Waals surface area contributed by atoms with E-state index in [1.807, 2.05) is 24.4 Å². The van der Waals surface area contributed by atoms with E-state index in [9.17, 15) is 0 Å². The van der Waals surface area contributed by atoms with Gasteiger partial charge in [0.25, 0.3) is 0 Å². The number of ether oxygens (including phenoxy) is 1. The maximum Gasteiger partial charge on any atom is 2.00 e. The maximum atomic E-state index is 6.69. The van der Waals surface area contributed by atoms with Gasteiger partial charge in [0.2, 0.25) is 5.88 Å². The third-order valence-corrected chi connectivity index (χ3v) is 10.2. The SMILES string of the molecule is Cc1cc(C)c(-c2n[n-]c(-c3cc(C(C)(C)C)cc(Oc4[c-]c5c(cc4)c4ccccc4n5-c4cc(C(C)(C)C)ccn4)n3)c2-c2ccccc2)c(C)c1.[Pt+2]. The number of fused-ring (bicyclic) bond motifs is 3. The molecule has 0 unspecified atom stereocenters. The number of benzene rings is 4. The Morgan fingerprint density at radius 1 is 0.691 bits per heavy atom. The van der Waals surface area contributed by atoms with Crippen molar-refractivity contribution >= 4 is 21.8 Å². The average Bonchev–Trinajstić information content (AvgIpc) is 3.70. The first-order valence-electron chi connectivity index (χ1n) is 18.6. The molecule has 4 aromatic heterocycles. The largest absolute Gasteiger partial charge is 2.00 e. The summed E-state index contributed by atoms with van der Waals surface area (Å²) in [6.45, 7) is 19.7. The van der Waals surface area contributed by atoms with Crippen molar-refractivity contribution in [2.24, 2.45) is 0 Å². The maximum absolute atomic E-state index is 6.69. The summed E-state index contributed by atoms with van der Waals surface area (Å²) in [5.74, 6) is 1.87. The van der Waals surface area contributed by atoms with Crippen molar-refractivity contribution in [1.29, 1.82) is 0 Å². The number of pyridine rings is 2. The fourth-order valence-electron chi connectivity index (χ4n) is 7.50. The van der Waals surface area contributed by atoms with Crippen LogP contribution in [0.2, 0.25) is 0 Å². The fourth-order valence-corrected chi connectivity index (χ4v) is 7.50. The third kappa shape index (κ3) is 7.16. The van der Waals surface area contributed by atoms with E-state index in [2.05, 4.69) is 158 Å². The topological polar surface area (TPSA) is 66.9 Å². The number of rotatable bonds is 6. The third-order valence-electron chi connectivity index (χ3n) is 10.2. The summed E-state index contributed by atoms with van der Waals surface area (Å²) in [6.07, 6.45) is 1.89. The van der Waals surface area contributed by atoms with E-state index in [4.69, 9.17) is 24.9 Å². The number of para-hydroxylation sites is 1. The molecule has 6 nitrogen and oxygen atoms in total. The van der Waals surface area contributed by atoms with Crippen LogP contribution < -0.4 is 9.84 Å². The van der Waals surface area contributed by atoms with Gasteiger partial charge in [0.15, 0.2) is 0 Å². The van der Waals surface area contributed by atoms with Gasteiger partial charge in [0.1, 0.15) is 5.82 Å². The summed E-state index contributed by atoms with van der Waals surface area (Å²) in [5.41, 5.74) is 12.9. The number of nitrogens with zero attached hydrogens (tertiary/aromatic N) is 5. The second-order valence-corrected chi connectivity index (χ2v) is 16.4. The molecule has 0 saturated carbocycles. The summed E-state index contributed by atoms with van der Waals surface area (Å²) in [5, 5.41) is 11.9. The molecule has 0 N–H and O–H groups in total. The normalized spacial score (nSPS) is 11.9. The van der Waals surface area contributed by atoms with Gasteiger partial charge in [0, 0.05) is 29.1 Å². The molecular weight excluding hydrogens is 858 g/mol. The molecule has 0 fully saturated rings.